The second-order valence-corrected chi connectivity index (χ2v) is 5.96. The van der Waals surface area contributed by atoms with Crippen LogP contribution in [-0.4, -0.2) is 47.3 Å². The lowest BCUT2D eigenvalue weighted by Crippen LogP contribution is -2.47. The Morgan fingerprint density at radius 3 is 3.20 bits per heavy atom. The summed E-state index contributed by atoms with van der Waals surface area (Å²) in [5, 5.41) is 14.4. The fourth-order valence-corrected chi connectivity index (χ4v) is 3.88. The number of nitrogens with zero attached hydrogens (tertiary/aromatic N) is 1. The van der Waals surface area contributed by atoms with Gasteiger partial charge in [0.2, 0.25) is 0 Å². The Kier molecular flexibility index (Phi) is 4.08. The fourth-order valence-electron chi connectivity index (χ4n) is 1.90. The Labute approximate surface area is 99.3 Å². The first-order valence-corrected chi connectivity index (χ1v) is 7.34. The number of rotatable bonds is 3. The fraction of sp³-hybridized carbons (Fsp3) is 0.636. The number of thiophene rings is 1. The molecule has 15 heavy (non-hydrogen) atoms. The van der Waals surface area contributed by atoms with E-state index < -0.39 is 0 Å². The molecule has 2 unspecified atom stereocenters. The first-order valence-electron chi connectivity index (χ1n) is 5.24. The highest BCUT2D eigenvalue weighted by atomic mass is 32.2. The van der Waals surface area contributed by atoms with E-state index in [0.29, 0.717) is 6.04 Å². The second kappa shape index (κ2) is 5.34. The van der Waals surface area contributed by atoms with E-state index in [0.717, 1.165) is 18.7 Å². The molecule has 0 amide bonds. The number of hydrogen-bond acceptors (Lipinski definition) is 4. The highest BCUT2D eigenvalue weighted by Crippen LogP contribution is 2.20. The maximum atomic E-state index is 10.2. The van der Waals surface area contributed by atoms with E-state index in [2.05, 4.69) is 28.8 Å². The Morgan fingerprint density at radius 2 is 2.53 bits per heavy atom. The van der Waals surface area contributed by atoms with Crippen molar-refractivity contribution in [2.45, 2.75) is 18.6 Å². The van der Waals surface area contributed by atoms with Crippen LogP contribution in [0.1, 0.15) is 5.56 Å². The van der Waals surface area contributed by atoms with Gasteiger partial charge in [-0.1, -0.05) is 0 Å². The van der Waals surface area contributed by atoms with Crippen LogP contribution in [0.2, 0.25) is 0 Å². The van der Waals surface area contributed by atoms with Gasteiger partial charge >= 0.3 is 0 Å². The molecule has 1 aromatic rings. The van der Waals surface area contributed by atoms with E-state index in [1.807, 2.05) is 11.8 Å². The predicted octanol–water partition coefficient (Wildman–Crippen LogP) is 1.70. The van der Waals surface area contributed by atoms with Gasteiger partial charge in [-0.15, -0.1) is 0 Å². The van der Waals surface area contributed by atoms with Gasteiger partial charge in [0.25, 0.3) is 0 Å². The largest absolute Gasteiger partial charge is 0.391 e. The van der Waals surface area contributed by atoms with E-state index in [9.17, 15) is 5.11 Å². The van der Waals surface area contributed by atoms with E-state index in [4.69, 9.17) is 0 Å². The van der Waals surface area contributed by atoms with Crippen LogP contribution in [-0.2, 0) is 6.42 Å². The molecule has 0 radical (unpaired) electrons. The molecule has 2 heterocycles. The second-order valence-electron chi connectivity index (χ2n) is 4.03. The Balaban J connectivity index is 1.91. The van der Waals surface area contributed by atoms with Crippen LogP contribution < -0.4 is 0 Å². The van der Waals surface area contributed by atoms with Gasteiger partial charge in [0, 0.05) is 30.5 Å². The summed E-state index contributed by atoms with van der Waals surface area (Å²) in [6.45, 7) is 1.09. The van der Waals surface area contributed by atoms with Crippen molar-refractivity contribution in [2.24, 2.45) is 0 Å². The highest BCUT2D eigenvalue weighted by molar-refractivity contribution is 7.99. The average molecular weight is 243 g/mol. The number of aliphatic hydroxyl groups is 1. The van der Waals surface area contributed by atoms with Gasteiger partial charge in [0.15, 0.2) is 0 Å². The molecule has 0 aromatic carbocycles. The summed E-state index contributed by atoms with van der Waals surface area (Å²) >= 11 is 3.65. The zero-order chi connectivity index (χ0) is 10.7. The van der Waals surface area contributed by atoms with Crippen molar-refractivity contribution >= 4 is 23.1 Å². The maximum absolute atomic E-state index is 10.2. The topological polar surface area (TPSA) is 23.5 Å². The van der Waals surface area contributed by atoms with Crippen LogP contribution in [0.5, 0.6) is 0 Å². The van der Waals surface area contributed by atoms with Crippen LogP contribution in [0.4, 0.5) is 0 Å². The smallest absolute Gasteiger partial charge is 0.0743 e. The molecular weight excluding hydrogens is 226 g/mol. The number of thioether (sulfide) groups is 1. The summed E-state index contributed by atoms with van der Waals surface area (Å²) in [6, 6.07) is 2.42. The Bertz CT molecular complexity index is 289. The van der Waals surface area contributed by atoms with Gasteiger partial charge in [0.05, 0.1) is 6.10 Å². The molecule has 0 saturated carbocycles. The van der Waals surface area contributed by atoms with Crippen molar-refractivity contribution in [1.29, 1.82) is 0 Å². The summed E-state index contributed by atoms with van der Waals surface area (Å²) in [6.07, 6.45) is 0.566. The van der Waals surface area contributed by atoms with Gasteiger partial charge in [-0.25, -0.2) is 0 Å². The summed E-state index contributed by atoms with van der Waals surface area (Å²) in [5.74, 6) is 2.25. The van der Waals surface area contributed by atoms with Crippen molar-refractivity contribution in [1.82, 2.24) is 4.90 Å². The summed E-state index contributed by atoms with van der Waals surface area (Å²) in [7, 11) is 2.11. The van der Waals surface area contributed by atoms with Crippen LogP contribution >= 0.6 is 23.1 Å². The van der Waals surface area contributed by atoms with Crippen molar-refractivity contribution in [3.05, 3.63) is 22.4 Å². The van der Waals surface area contributed by atoms with Crippen LogP contribution in [0.25, 0.3) is 0 Å². The molecule has 1 aliphatic heterocycles. The van der Waals surface area contributed by atoms with Crippen LogP contribution in [0.15, 0.2) is 16.8 Å². The normalized spacial score (nSPS) is 25.3. The minimum atomic E-state index is -0.225. The molecule has 1 aliphatic rings. The lowest BCUT2D eigenvalue weighted by atomic mass is 10.0. The van der Waals surface area contributed by atoms with E-state index >= 15 is 0 Å². The molecule has 2 atom stereocenters. The van der Waals surface area contributed by atoms with Crippen molar-refractivity contribution in [2.75, 3.05) is 25.1 Å². The number of likely N-dealkylation sites (N-methyl/N-ethyl adjacent to an activating group) is 1. The van der Waals surface area contributed by atoms with Crippen molar-refractivity contribution in [3.63, 3.8) is 0 Å². The zero-order valence-electron chi connectivity index (χ0n) is 8.93. The minimum Gasteiger partial charge on any atom is -0.391 e. The third-order valence-electron chi connectivity index (χ3n) is 2.91. The maximum Gasteiger partial charge on any atom is 0.0743 e. The molecule has 1 N–H and O–H groups in total. The zero-order valence-corrected chi connectivity index (χ0v) is 10.6. The standard InChI is InChI=1S/C11H17NOS2/c1-12-3-5-15-8-10(12)11(13)6-9-2-4-14-7-9/h2,4,7,10-11,13H,3,5-6,8H2,1H3. The summed E-state index contributed by atoms with van der Waals surface area (Å²) in [4.78, 5) is 2.29. The molecular formula is C11H17NOS2. The molecule has 1 fully saturated rings. The number of aliphatic hydroxyl groups excluding tert-OH is 1. The molecule has 1 saturated heterocycles. The van der Waals surface area contributed by atoms with E-state index in [1.165, 1.54) is 11.3 Å². The molecule has 0 aliphatic carbocycles. The van der Waals surface area contributed by atoms with Gasteiger partial charge < -0.3 is 5.11 Å². The lowest BCUT2D eigenvalue weighted by Gasteiger charge is -2.35. The van der Waals surface area contributed by atoms with E-state index in [-0.39, 0.29) is 6.10 Å². The Morgan fingerprint density at radius 1 is 1.67 bits per heavy atom. The predicted molar refractivity (Wildman–Crippen MR) is 67.8 cm³/mol. The first kappa shape index (κ1) is 11.5. The Hall–Kier alpha value is -0.0300. The summed E-state index contributed by atoms with van der Waals surface area (Å²) < 4.78 is 0. The molecule has 2 nitrogen and oxygen atoms in total. The first-order chi connectivity index (χ1) is 7.27. The van der Waals surface area contributed by atoms with Gasteiger partial charge in [0.1, 0.15) is 0 Å². The molecule has 4 heteroatoms. The summed E-state index contributed by atoms with van der Waals surface area (Å²) in [5.41, 5.74) is 1.26. The average Bonchev–Trinajstić information content (AvgIpc) is 2.71. The van der Waals surface area contributed by atoms with Crippen molar-refractivity contribution in [3.8, 4) is 0 Å². The molecule has 0 bridgehead atoms. The minimum absolute atomic E-state index is 0.225. The quantitative estimate of drug-likeness (QED) is 0.874. The third kappa shape index (κ3) is 2.97. The highest BCUT2D eigenvalue weighted by Gasteiger charge is 2.26. The lowest BCUT2D eigenvalue weighted by molar-refractivity contribution is 0.0764. The van der Waals surface area contributed by atoms with E-state index in [1.54, 1.807) is 11.3 Å². The van der Waals surface area contributed by atoms with Gasteiger partial charge in [-0.05, 0) is 29.4 Å². The monoisotopic (exact) mass is 243 g/mol. The van der Waals surface area contributed by atoms with Crippen molar-refractivity contribution < 1.29 is 5.11 Å². The van der Waals surface area contributed by atoms with Gasteiger partial charge in [-0.2, -0.15) is 23.1 Å². The third-order valence-corrected chi connectivity index (χ3v) is 4.69. The molecule has 2 rings (SSSR count). The number of hydrogen-bond donors (Lipinski definition) is 1. The SMILES string of the molecule is CN1CCSCC1C(O)Cc1ccsc1. The molecule has 0 spiro atoms. The van der Waals surface area contributed by atoms with Gasteiger partial charge in [-0.3, -0.25) is 4.90 Å². The molecule has 1 aromatic heterocycles. The van der Waals surface area contributed by atoms with Crippen LogP contribution in [0.3, 0.4) is 0 Å². The van der Waals surface area contributed by atoms with Crippen LogP contribution in [0, 0.1) is 0 Å². The molecule has 84 valence electrons.